The zero-order valence-corrected chi connectivity index (χ0v) is 12.5. The lowest BCUT2D eigenvalue weighted by molar-refractivity contribution is -0.0493. The molecule has 1 aromatic carbocycles. The molecule has 0 aliphatic heterocycles. The molecule has 21 heavy (non-hydrogen) atoms. The first-order valence-electron chi connectivity index (χ1n) is 6.96. The number of rotatable bonds is 6. The minimum atomic E-state index is -2.82. The molecule has 0 spiro atoms. The third-order valence-corrected chi connectivity index (χ3v) is 3.57. The molecule has 1 N–H and O–H groups in total. The van der Waals surface area contributed by atoms with Gasteiger partial charge in [-0.2, -0.15) is 8.78 Å². The van der Waals surface area contributed by atoms with Crippen LogP contribution in [0.4, 0.5) is 14.5 Å². The van der Waals surface area contributed by atoms with Gasteiger partial charge in [-0.15, -0.1) is 0 Å². The van der Waals surface area contributed by atoms with E-state index in [0.29, 0.717) is 12.2 Å². The molecule has 114 valence electrons. The number of nitrogens with zero attached hydrogens (tertiary/aromatic N) is 1. The number of hydrogen-bond acceptors (Lipinski definition) is 2. The van der Waals surface area contributed by atoms with Gasteiger partial charge in [0.15, 0.2) is 0 Å². The van der Waals surface area contributed by atoms with Crippen molar-refractivity contribution >= 4 is 5.69 Å². The number of nitrogens with one attached hydrogen (secondary N) is 1. The first-order valence-corrected chi connectivity index (χ1v) is 6.96. The molecule has 0 aliphatic rings. The summed E-state index contributed by atoms with van der Waals surface area (Å²) in [6.07, 6.45) is 0. The molecule has 3 nitrogen and oxygen atoms in total. The van der Waals surface area contributed by atoms with Crippen LogP contribution in [0.3, 0.4) is 0 Å². The Bertz CT molecular complexity index is 608. The van der Waals surface area contributed by atoms with Gasteiger partial charge in [0.2, 0.25) is 0 Å². The van der Waals surface area contributed by atoms with Gasteiger partial charge in [-0.3, -0.25) is 0 Å². The van der Waals surface area contributed by atoms with E-state index in [4.69, 9.17) is 0 Å². The standard InChI is InChI=1S/C16H20F2N2O/c1-4-20-11(2)9-13(12(20)3)10-19-14-7-5-6-8-15(14)21-16(17)18/h5-9,16,19H,4,10H2,1-3H3. The van der Waals surface area contributed by atoms with E-state index >= 15 is 0 Å². The summed E-state index contributed by atoms with van der Waals surface area (Å²) in [7, 11) is 0. The molecular weight excluding hydrogens is 274 g/mol. The molecule has 0 aliphatic carbocycles. The highest BCUT2D eigenvalue weighted by Crippen LogP contribution is 2.26. The Morgan fingerprint density at radius 3 is 2.57 bits per heavy atom. The van der Waals surface area contributed by atoms with Gasteiger partial charge >= 0.3 is 6.61 Å². The van der Waals surface area contributed by atoms with Crippen LogP contribution < -0.4 is 10.1 Å². The van der Waals surface area contributed by atoms with E-state index in [0.717, 1.165) is 12.1 Å². The lowest BCUT2D eigenvalue weighted by Gasteiger charge is -2.12. The maximum absolute atomic E-state index is 12.4. The van der Waals surface area contributed by atoms with E-state index in [2.05, 4.69) is 41.5 Å². The van der Waals surface area contributed by atoms with Crippen LogP contribution in [0, 0.1) is 13.8 Å². The fraction of sp³-hybridized carbons (Fsp3) is 0.375. The van der Waals surface area contributed by atoms with E-state index in [1.165, 1.54) is 17.5 Å². The SMILES string of the molecule is CCn1c(C)cc(CNc2ccccc2OC(F)F)c1C. The number of hydrogen-bond donors (Lipinski definition) is 1. The third kappa shape index (κ3) is 3.54. The zero-order valence-electron chi connectivity index (χ0n) is 12.5. The van der Waals surface area contributed by atoms with Crippen LogP contribution in [0.15, 0.2) is 30.3 Å². The fourth-order valence-electron chi connectivity index (χ4n) is 2.54. The highest BCUT2D eigenvalue weighted by atomic mass is 19.3. The second kappa shape index (κ2) is 6.61. The fourth-order valence-corrected chi connectivity index (χ4v) is 2.54. The number of benzene rings is 1. The van der Waals surface area contributed by atoms with Gasteiger partial charge in [0, 0.05) is 24.5 Å². The van der Waals surface area contributed by atoms with Crippen LogP contribution >= 0.6 is 0 Å². The molecule has 1 heterocycles. The lowest BCUT2D eigenvalue weighted by Crippen LogP contribution is -2.07. The van der Waals surface area contributed by atoms with Crippen molar-refractivity contribution in [3.8, 4) is 5.75 Å². The Labute approximate surface area is 123 Å². The van der Waals surface area contributed by atoms with Crippen LogP contribution in [0.1, 0.15) is 23.9 Å². The van der Waals surface area contributed by atoms with Crippen LogP contribution in [0.25, 0.3) is 0 Å². The quantitative estimate of drug-likeness (QED) is 0.857. The highest BCUT2D eigenvalue weighted by Gasteiger charge is 2.11. The summed E-state index contributed by atoms with van der Waals surface area (Å²) >= 11 is 0. The van der Waals surface area contributed by atoms with Crippen molar-refractivity contribution in [1.82, 2.24) is 4.57 Å². The monoisotopic (exact) mass is 294 g/mol. The maximum Gasteiger partial charge on any atom is 0.387 e. The number of halogens is 2. The van der Waals surface area contributed by atoms with Crippen molar-refractivity contribution in [2.45, 2.75) is 40.5 Å². The number of anilines is 1. The maximum atomic E-state index is 12.4. The van der Waals surface area contributed by atoms with Crippen LogP contribution in [0.5, 0.6) is 5.75 Å². The van der Waals surface area contributed by atoms with E-state index in [1.807, 2.05) is 0 Å². The molecule has 0 radical (unpaired) electrons. The van der Waals surface area contributed by atoms with Crippen LogP contribution in [0.2, 0.25) is 0 Å². The van der Waals surface area contributed by atoms with Gasteiger partial charge < -0.3 is 14.6 Å². The van der Waals surface area contributed by atoms with Gasteiger partial charge in [0.25, 0.3) is 0 Å². The molecule has 1 aromatic heterocycles. The van der Waals surface area contributed by atoms with E-state index in [9.17, 15) is 8.78 Å². The first kappa shape index (κ1) is 15.4. The second-order valence-electron chi connectivity index (χ2n) is 4.87. The minimum absolute atomic E-state index is 0.164. The van der Waals surface area contributed by atoms with Crippen molar-refractivity contribution in [3.63, 3.8) is 0 Å². The number of aromatic nitrogens is 1. The average molecular weight is 294 g/mol. The summed E-state index contributed by atoms with van der Waals surface area (Å²) < 4.78 is 31.5. The van der Waals surface area contributed by atoms with Crippen molar-refractivity contribution < 1.29 is 13.5 Å². The molecule has 0 bridgehead atoms. The number of alkyl halides is 2. The van der Waals surface area contributed by atoms with Gasteiger partial charge in [0.05, 0.1) is 5.69 Å². The summed E-state index contributed by atoms with van der Waals surface area (Å²) in [5, 5.41) is 3.17. The predicted octanol–water partition coefficient (Wildman–Crippen LogP) is 4.34. The second-order valence-corrected chi connectivity index (χ2v) is 4.87. The van der Waals surface area contributed by atoms with Crippen molar-refractivity contribution in [3.05, 3.63) is 47.3 Å². The Kier molecular flexibility index (Phi) is 4.83. The van der Waals surface area contributed by atoms with Crippen molar-refractivity contribution in [1.29, 1.82) is 0 Å². The Balaban J connectivity index is 2.13. The summed E-state index contributed by atoms with van der Waals surface area (Å²) in [4.78, 5) is 0. The third-order valence-electron chi connectivity index (χ3n) is 3.57. The number of aryl methyl sites for hydroxylation is 1. The molecule has 5 heteroatoms. The molecule has 0 amide bonds. The number of para-hydroxylation sites is 2. The molecule has 0 unspecified atom stereocenters. The van der Waals surface area contributed by atoms with Gasteiger partial charge in [-0.05, 0) is 44.5 Å². The molecule has 0 fully saturated rings. The first-order chi connectivity index (χ1) is 10.0. The Morgan fingerprint density at radius 2 is 1.95 bits per heavy atom. The van der Waals surface area contributed by atoms with E-state index in [1.54, 1.807) is 18.2 Å². The Hall–Kier alpha value is -2.04. The molecule has 0 saturated carbocycles. The average Bonchev–Trinajstić information content (AvgIpc) is 2.71. The molecular formula is C16H20F2N2O. The summed E-state index contributed by atoms with van der Waals surface area (Å²) in [6.45, 7) is 4.90. The highest BCUT2D eigenvalue weighted by molar-refractivity contribution is 5.56. The van der Waals surface area contributed by atoms with E-state index < -0.39 is 6.61 Å². The van der Waals surface area contributed by atoms with Crippen LogP contribution in [-0.2, 0) is 13.1 Å². The molecule has 0 atom stereocenters. The summed E-state index contributed by atoms with van der Waals surface area (Å²) in [5.74, 6) is 0.164. The van der Waals surface area contributed by atoms with Crippen molar-refractivity contribution in [2.24, 2.45) is 0 Å². The van der Waals surface area contributed by atoms with Crippen molar-refractivity contribution in [2.75, 3.05) is 5.32 Å². The lowest BCUT2D eigenvalue weighted by atomic mass is 10.2. The largest absolute Gasteiger partial charge is 0.433 e. The van der Waals surface area contributed by atoms with Gasteiger partial charge in [0.1, 0.15) is 5.75 Å². The predicted molar refractivity (Wildman–Crippen MR) is 80.0 cm³/mol. The minimum Gasteiger partial charge on any atom is -0.433 e. The molecule has 2 rings (SSSR count). The summed E-state index contributed by atoms with van der Waals surface area (Å²) in [5.41, 5.74) is 4.11. The Morgan fingerprint density at radius 1 is 1.24 bits per heavy atom. The molecule has 0 saturated heterocycles. The van der Waals surface area contributed by atoms with Crippen LogP contribution in [-0.4, -0.2) is 11.2 Å². The van der Waals surface area contributed by atoms with Gasteiger partial charge in [-0.25, -0.2) is 0 Å². The zero-order chi connectivity index (χ0) is 15.4. The summed E-state index contributed by atoms with van der Waals surface area (Å²) in [6, 6.07) is 8.84. The smallest absolute Gasteiger partial charge is 0.387 e. The molecule has 2 aromatic rings. The topological polar surface area (TPSA) is 26.2 Å². The normalized spacial score (nSPS) is 11.0. The number of ether oxygens (including phenoxy) is 1. The van der Waals surface area contributed by atoms with Gasteiger partial charge in [-0.1, -0.05) is 12.1 Å². The van der Waals surface area contributed by atoms with E-state index in [-0.39, 0.29) is 5.75 Å².